The second kappa shape index (κ2) is 7.47. The second-order valence-electron chi connectivity index (χ2n) is 4.53. The molecule has 0 radical (unpaired) electrons. The van der Waals surface area contributed by atoms with Gasteiger partial charge in [-0.25, -0.2) is 0 Å². The van der Waals surface area contributed by atoms with E-state index in [0.717, 1.165) is 25.0 Å². The van der Waals surface area contributed by atoms with Crippen molar-refractivity contribution in [3.05, 3.63) is 23.8 Å². The summed E-state index contributed by atoms with van der Waals surface area (Å²) in [6.07, 6.45) is 1.61. The van der Waals surface area contributed by atoms with Gasteiger partial charge in [-0.2, -0.15) is 0 Å². The monoisotopic (exact) mass is 298 g/mol. The fraction of sp³-hybridized carbons (Fsp3) is 0.500. The molecule has 0 bridgehead atoms. The molecule has 1 aliphatic heterocycles. The Morgan fingerprint density at radius 1 is 1.21 bits per heavy atom. The fourth-order valence-corrected chi connectivity index (χ4v) is 1.98. The van der Waals surface area contributed by atoms with Gasteiger partial charge >= 0.3 is 58.4 Å². The number of benzene rings is 1. The van der Waals surface area contributed by atoms with E-state index in [9.17, 15) is 12.9 Å². The Morgan fingerprint density at radius 3 is 2.37 bits per heavy atom. The van der Waals surface area contributed by atoms with Crippen LogP contribution >= 0.6 is 0 Å². The zero-order valence-electron chi connectivity index (χ0n) is 11.2. The third-order valence-corrected chi connectivity index (χ3v) is 3.04. The van der Waals surface area contributed by atoms with E-state index < -0.39 is 12.4 Å². The number of rotatable bonds is 3. The van der Waals surface area contributed by atoms with Crippen LogP contribution in [0.1, 0.15) is 18.4 Å². The van der Waals surface area contributed by atoms with Crippen molar-refractivity contribution in [2.45, 2.75) is 25.9 Å². The summed E-state index contributed by atoms with van der Waals surface area (Å²) in [5, 5.41) is 0. The SMILES string of the molecule is Cc1cc([B-](F)(F)F)ccc1OC1CCOCC1.[K+]. The number of aryl methyl sites for hydroxylation is 1. The van der Waals surface area contributed by atoms with Crippen molar-refractivity contribution in [2.24, 2.45) is 0 Å². The predicted octanol–water partition coefficient (Wildman–Crippen LogP) is -0.389. The minimum absolute atomic E-state index is 0. The summed E-state index contributed by atoms with van der Waals surface area (Å²) in [7, 11) is 0. The molecule has 0 amide bonds. The van der Waals surface area contributed by atoms with Crippen LogP contribution < -0.4 is 61.6 Å². The van der Waals surface area contributed by atoms with Crippen LogP contribution in [0, 0.1) is 6.92 Å². The summed E-state index contributed by atoms with van der Waals surface area (Å²) >= 11 is 0. The molecule has 0 spiro atoms. The van der Waals surface area contributed by atoms with E-state index in [1.54, 1.807) is 6.92 Å². The van der Waals surface area contributed by atoms with Gasteiger partial charge in [0.15, 0.2) is 0 Å². The quantitative estimate of drug-likeness (QED) is 0.708. The van der Waals surface area contributed by atoms with Crippen molar-refractivity contribution in [1.29, 1.82) is 0 Å². The zero-order valence-corrected chi connectivity index (χ0v) is 14.3. The van der Waals surface area contributed by atoms with E-state index in [1.165, 1.54) is 6.07 Å². The molecule has 7 heteroatoms. The third kappa shape index (κ3) is 5.06. The molecule has 1 aromatic carbocycles. The molecule has 1 heterocycles. The maximum Gasteiger partial charge on any atom is 1.00 e. The average molecular weight is 298 g/mol. The van der Waals surface area contributed by atoms with E-state index >= 15 is 0 Å². The smallest absolute Gasteiger partial charge is 0.490 e. The Kier molecular flexibility index (Phi) is 6.89. The van der Waals surface area contributed by atoms with Gasteiger partial charge in [0.1, 0.15) is 11.9 Å². The predicted molar refractivity (Wildman–Crippen MR) is 64.4 cm³/mol. The van der Waals surface area contributed by atoms with Gasteiger partial charge in [0.2, 0.25) is 0 Å². The van der Waals surface area contributed by atoms with Crippen LogP contribution in [0.25, 0.3) is 0 Å². The molecule has 0 saturated carbocycles. The summed E-state index contributed by atoms with van der Waals surface area (Å²) in [5.41, 5.74) is -0.0509. The molecule has 2 nitrogen and oxygen atoms in total. The van der Waals surface area contributed by atoms with E-state index in [-0.39, 0.29) is 57.5 Å². The Morgan fingerprint density at radius 2 is 1.84 bits per heavy atom. The Bertz CT molecular complexity index is 420. The molecule has 1 aromatic rings. The van der Waals surface area contributed by atoms with Crippen LogP contribution in [-0.2, 0) is 4.74 Å². The first-order valence-electron chi connectivity index (χ1n) is 6.02. The molecule has 0 aromatic heterocycles. The van der Waals surface area contributed by atoms with Gasteiger partial charge in [-0.05, 0) is 18.6 Å². The van der Waals surface area contributed by atoms with Crippen LogP contribution in [0.3, 0.4) is 0 Å². The van der Waals surface area contributed by atoms with Gasteiger partial charge in [-0.1, -0.05) is 12.1 Å². The maximum absolute atomic E-state index is 12.6. The summed E-state index contributed by atoms with van der Waals surface area (Å²) in [4.78, 5) is 0. The van der Waals surface area contributed by atoms with Crippen molar-refractivity contribution in [3.63, 3.8) is 0 Å². The first kappa shape index (κ1) is 17.5. The minimum atomic E-state index is -4.94. The Balaban J connectivity index is 0.00000180. The van der Waals surface area contributed by atoms with Crippen molar-refractivity contribution in [3.8, 4) is 5.75 Å². The van der Waals surface area contributed by atoms with Crippen molar-refractivity contribution in [1.82, 2.24) is 0 Å². The zero-order chi connectivity index (χ0) is 13.2. The Hall–Kier alpha value is 0.471. The molecule has 0 atom stereocenters. The van der Waals surface area contributed by atoms with Crippen LogP contribution in [0.5, 0.6) is 5.75 Å². The summed E-state index contributed by atoms with van der Waals surface area (Å²) in [6, 6.07) is 3.64. The molecule has 0 unspecified atom stereocenters. The van der Waals surface area contributed by atoms with Crippen molar-refractivity contribution < 1.29 is 73.8 Å². The molecule has 100 valence electrons. The Labute approximate surface area is 153 Å². The first-order chi connectivity index (χ1) is 8.47. The van der Waals surface area contributed by atoms with Crippen LogP contribution in [0.15, 0.2) is 18.2 Å². The van der Waals surface area contributed by atoms with Gasteiger partial charge in [-0.3, -0.25) is 0 Å². The number of ether oxygens (including phenoxy) is 2. The average Bonchev–Trinajstić information content (AvgIpc) is 2.32. The number of halogens is 3. The van der Waals surface area contributed by atoms with Gasteiger partial charge in [0.25, 0.3) is 0 Å². The van der Waals surface area contributed by atoms with Gasteiger partial charge in [-0.15, -0.1) is 5.46 Å². The van der Waals surface area contributed by atoms with Gasteiger partial charge in [0.05, 0.1) is 13.2 Å². The second-order valence-corrected chi connectivity index (χ2v) is 4.53. The summed E-state index contributed by atoms with van der Waals surface area (Å²) in [5.74, 6) is 0.533. The molecule has 2 rings (SSSR count). The third-order valence-electron chi connectivity index (χ3n) is 3.04. The van der Waals surface area contributed by atoms with Gasteiger partial charge in [0, 0.05) is 12.8 Å². The molecule has 19 heavy (non-hydrogen) atoms. The van der Waals surface area contributed by atoms with E-state index in [1.807, 2.05) is 0 Å². The normalized spacial score (nSPS) is 16.8. The van der Waals surface area contributed by atoms with Crippen LogP contribution in [0.2, 0.25) is 0 Å². The summed E-state index contributed by atoms with van der Waals surface area (Å²) in [6.45, 7) is -2.01. The van der Waals surface area contributed by atoms with Gasteiger partial charge < -0.3 is 22.4 Å². The summed E-state index contributed by atoms with van der Waals surface area (Å²) < 4.78 is 48.6. The van der Waals surface area contributed by atoms with Crippen LogP contribution in [-0.4, -0.2) is 26.3 Å². The molecule has 1 saturated heterocycles. The topological polar surface area (TPSA) is 18.5 Å². The molecule has 0 aliphatic carbocycles. The van der Waals surface area contributed by atoms with E-state index in [2.05, 4.69) is 0 Å². The van der Waals surface area contributed by atoms with E-state index in [0.29, 0.717) is 24.5 Å². The first-order valence-corrected chi connectivity index (χ1v) is 6.02. The minimum Gasteiger partial charge on any atom is -0.490 e. The standard InChI is InChI=1S/C12H15BF3O2.K/c1-9-8-10(13(14,15)16)2-3-12(9)18-11-4-6-17-7-5-11;/h2-3,8,11H,4-7H2,1H3;/q-1;+1. The number of hydrogen-bond donors (Lipinski definition) is 0. The molecular formula is C12H15BF3KO2. The van der Waals surface area contributed by atoms with Crippen LogP contribution in [0.4, 0.5) is 12.9 Å². The molecule has 0 N–H and O–H groups in total. The number of hydrogen-bond acceptors (Lipinski definition) is 2. The molecule has 1 aliphatic rings. The molecule has 1 fully saturated rings. The molecular weight excluding hydrogens is 283 g/mol. The van der Waals surface area contributed by atoms with Crippen molar-refractivity contribution >= 4 is 12.4 Å². The maximum atomic E-state index is 12.6. The fourth-order valence-electron chi connectivity index (χ4n) is 1.98. The van der Waals surface area contributed by atoms with Crippen molar-refractivity contribution in [2.75, 3.05) is 13.2 Å². The van der Waals surface area contributed by atoms with E-state index in [4.69, 9.17) is 9.47 Å². The largest absolute Gasteiger partial charge is 1.00 e.